The molecule has 0 N–H and O–H groups in total. The third kappa shape index (κ3) is 6.76. The van der Waals surface area contributed by atoms with E-state index in [1.807, 2.05) is 24.3 Å². The van der Waals surface area contributed by atoms with E-state index in [-0.39, 0.29) is 5.78 Å². The molecule has 0 saturated carbocycles. The lowest BCUT2D eigenvalue weighted by Gasteiger charge is -2.14. The number of ketones is 1. The zero-order chi connectivity index (χ0) is 14.1. The molecule has 0 bridgehead atoms. The fourth-order valence-corrected chi connectivity index (χ4v) is 2.41. The van der Waals surface area contributed by atoms with Crippen molar-refractivity contribution in [3.63, 3.8) is 0 Å². The molecule has 19 heavy (non-hydrogen) atoms. The van der Waals surface area contributed by atoms with Crippen molar-refractivity contribution in [3.05, 3.63) is 29.8 Å². The van der Waals surface area contributed by atoms with Crippen LogP contribution in [-0.4, -0.2) is 17.7 Å². The zero-order valence-electron chi connectivity index (χ0n) is 11.8. The molecule has 106 valence electrons. The van der Waals surface area contributed by atoms with Crippen LogP contribution in [0, 0.1) is 5.92 Å². The molecule has 0 aliphatic heterocycles. The van der Waals surface area contributed by atoms with Gasteiger partial charge in [0.05, 0.1) is 6.61 Å². The molecule has 0 aliphatic carbocycles. The number of benzene rings is 1. The maximum Gasteiger partial charge on any atom is 0.130 e. The van der Waals surface area contributed by atoms with Gasteiger partial charge in [0.25, 0.3) is 0 Å². The first kappa shape index (κ1) is 16.2. The summed E-state index contributed by atoms with van der Waals surface area (Å²) >= 11 is 3.52. The van der Waals surface area contributed by atoms with Gasteiger partial charge in [-0.3, -0.25) is 0 Å². The number of Topliss-reactive ketones (excluding diaryl/α,β-unsaturated/α-hetero) is 1. The Kier molecular flexibility index (Phi) is 7.80. The van der Waals surface area contributed by atoms with Crippen LogP contribution >= 0.6 is 15.9 Å². The SMILES string of the molecule is CCCC(CBr)COc1ccc(CCC(C)=O)cc1. The Labute approximate surface area is 124 Å². The van der Waals surface area contributed by atoms with Gasteiger partial charge in [0.2, 0.25) is 0 Å². The van der Waals surface area contributed by atoms with E-state index in [2.05, 4.69) is 22.9 Å². The van der Waals surface area contributed by atoms with Crippen molar-refractivity contribution in [1.29, 1.82) is 0 Å². The van der Waals surface area contributed by atoms with E-state index in [4.69, 9.17) is 4.74 Å². The molecule has 0 saturated heterocycles. The minimum absolute atomic E-state index is 0.236. The van der Waals surface area contributed by atoms with Crippen LogP contribution in [0.4, 0.5) is 0 Å². The molecule has 0 aliphatic rings. The lowest BCUT2D eigenvalue weighted by Crippen LogP contribution is -2.13. The number of hydrogen-bond donors (Lipinski definition) is 0. The average Bonchev–Trinajstić information content (AvgIpc) is 2.42. The lowest BCUT2D eigenvalue weighted by molar-refractivity contribution is -0.116. The second-order valence-corrected chi connectivity index (χ2v) is 5.61. The summed E-state index contributed by atoms with van der Waals surface area (Å²) in [6.07, 6.45) is 3.80. The maximum atomic E-state index is 10.9. The first-order chi connectivity index (χ1) is 9.15. The fraction of sp³-hybridized carbons (Fsp3) is 0.562. The molecular formula is C16H23BrO2. The van der Waals surface area contributed by atoms with E-state index in [1.165, 1.54) is 18.4 Å². The third-order valence-corrected chi connectivity index (χ3v) is 4.01. The van der Waals surface area contributed by atoms with Crippen LogP contribution in [0.5, 0.6) is 5.75 Å². The van der Waals surface area contributed by atoms with Gasteiger partial charge < -0.3 is 9.53 Å². The Morgan fingerprint density at radius 2 is 2.00 bits per heavy atom. The van der Waals surface area contributed by atoms with Crippen molar-refractivity contribution in [1.82, 2.24) is 0 Å². The molecule has 1 unspecified atom stereocenters. The molecule has 1 aromatic rings. The van der Waals surface area contributed by atoms with Gasteiger partial charge in [-0.2, -0.15) is 0 Å². The molecule has 0 amide bonds. The highest BCUT2D eigenvalue weighted by molar-refractivity contribution is 9.09. The number of halogens is 1. The van der Waals surface area contributed by atoms with Gasteiger partial charge in [-0.25, -0.2) is 0 Å². The van der Waals surface area contributed by atoms with Crippen LogP contribution in [0.15, 0.2) is 24.3 Å². The Morgan fingerprint density at radius 1 is 1.32 bits per heavy atom. The number of ether oxygens (including phenoxy) is 1. The molecule has 1 aromatic carbocycles. The summed E-state index contributed by atoms with van der Waals surface area (Å²) in [5, 5.41) is 0.984. The molecular weight excluding hydrogens is 304 g/mol. The summed E-state index contributed by atoms with van der Waals surface area (Å²) in [6.45, 7) is 4.58. The maximum absolute atomic E-state index is 10.9. The van der Waals surface area contributed by atoms with E-state index in [0.717, 1.165) is 24.1 Å². The minimum Gasteiger partial charge on any atom is -0.493 e. The summed E-state index contributed by atoms with van der Waals surface area (Å²) in [4.78, 5) is 10.9. The van der Waals surface area contributed by atoms with Gasteiger partial charge in [-0.15, -0.1) is 0 Å². The third-order valence-electron chi connectivity index (χ3n) is 3.09. The van der Waals surface area contributed by atoms with Crippen LogP contribution in [0.25, 0.3) is 0 Å². The highest BCUT2D eigenvalue weighted by atomic mass is 79.9. The van der Waals surface area contributed by atoms with Crippen molar-refractivity contribution in [2.75, 3.05) is 11.9 Å². The minimum atomic E-state index is 0.236. The van der Waals surface area contributed by atoms with Gasteiger partial charge in [-0.1, -0.05) is 41.4 Å². The van der Waals surface area contributed by atoms with Crippen molar-refractivity contribution in [2.45, 2.75) is 39.5 Å². The van der Waals surface area contributed by atoms with Crippen LogP contribution in [0.2, 0.25) is 0 Å². The average molecular weight is 327 g/mol. The van der Waals surface area contributed by atoms with Crippen LogP contribution < -0.4 is 4.74 Å². The summed E-state index contributed by atoms with van der Waals surface area (Å²) in [5.41, 5.74) is 1.19. The lowest BCUT2D eigenvalue weighted by atomic mass is 10.1. The fourth-order valence-electron chi connectivity index (χ4n) is 1.90. The predicted octanol–water partition coefficient (Wildman–Crippen LogP) is 4.40. The monoisotopic (exact) mass is 326 g/mol. The molecule has 0 fully saturated rings. The predicted molar refractivity (Wildman–Crippen MR) is 83.1 cm³/mol. The molecule has 0 spiro atoms. The van der Waals surface area contributed by atoms with E-state index in [0.29, 0.717) is 12.3 Å². The van der Waals surface area contributed by atoms with Gasteiger partial charge in [-0.05, 0) is 37.5 Å². The van der Waals surface area contributed by atoms with E-state index in [1.54, 1.807) is 6.92 Å². The first-order valence-electron chi connectivity index (χ1n) is 6.92. The number of aryl methyl sites for hydroxylation is 1. The summed E-state index contributed by atoms with van der Waals surface area (Å²) in [5.74, 6) is 1.72. The quantitative estimate of drug-likeness (QED) is 0.629. The topological polar surface area (TPSA) is 26.3 Å². The number of carbonyl (C=O) groups is 1. The number of hydrogen-bond acceptors (Lipinski definition) is 2. The van der Waals surface area contributed by atoms with Crippen molar-refractivity contribution >= 4 is 21.7 Å². The van der Waals surface area contributed by atoms with Crippen molar-refractivity contribution < 1.29 is 9.53 Å². The first-order valence-corrected chi connectivity index (χ1v) is 8.05. The highest BCUT2D eigenvalue weighted by Gasteiger charge is 2.07. The molecule has 2 nitrogen and oxygen atoms in total. The molecule has 3 heteroatoms. The van der Waals surface area contributed by atoms with Crippen molar-refractivity contribution in [3.8, 4) is 5.75 Å². The van der Waals surface area contributed by atoms with Crippen LogP contribution in [0.3, 0.4) is 0 Å². The number of rotatable bonds is 9. The largest absolute Gasteiger partial charge is 0.493 e. The van der Waals surface area contributed by atoms with E-state index < -0.39 is 0 Å². The Balaban J connectivity index is 2.41. The normalized spacial score (nSPS) is 12.2. The van der Waals surface area contributed by atoms with Gasteiger partial charge in [0.15, 0.2) is 0 Å². The van der Waals surface area contributed by atoms with Crippen LogP contribution in [-0.2, 0) is 11.2 Å². The second kappa shape index (κ2) is 9.13. The summed E-state index contributed by atoms with van der Waals surface area (Å²) < 4.78 is 5.80. The van der Waals surface area contributed by atoms with Crippen molar-refractivity contribution in [2.24, 2.45) is 5.92 Å². The summed E-state index contributed by atoms with van der Waals surface area (Å²) in [6, 6.07) is 8.07. The van der Waals surface area contributed by atoms with E-state index in [9.17, 15) is 4.79 Å². The van der Waals surface area contributed by atoms with Gasteiger partial charge >= 0.3 is 0 Å². The molecule has 0 aromatic heterocycles. The second-order valence-electron chi connectivity index (χ2n) is 4.97. The zero-order valence-corrected chi connectivity index (χ0v) is 13.4. The summed E-state index contributed by atoms with van der Waals surface area (Å²) in [7, 11) is 0. The molecule has 0 heterocycles. The van der Waals surface area contributed by atoms with Gasteiger partial charge in [0.1, 0.15) is 11.5 Å². The standard InChI is InChI=1S/C16H23BrO2/c1-3-4-15(11-17)12-19-16-9-7-14(8-10-16)6-5-13(2)18/h7-10,15H,3-6,11-12H2,1-2H3. The Hall–Kier alpha value is -0.830. The highest BCUT2D eigenvalue weighted by Crippen LogP contribution is 2.16. The molecule has 0 radical (unpaired) electrons. The number of carbonyl (C=O) groups excluding carboxylic acids is 1. The smallest absolute Gasteiger partial charge is 0.130 e. The van der Waals surface area contributed by atoms with Gasteiger partial charge in [0, 0.05) is 17.7 Å². The molecule has 1 rings (SSSR count). The Morgan fingerprint density at radius 3 is 2.53 bits per heavy atom. The molecule has 1 atom stereocenters. The Bertz CT molecular complexity index is 373. The van der Waals surface area contributed by atoms with E-state index >= 15 is 0 Å². The number of alkyl halides is 1. The van der Waals surface area contributed by atoms with Crippen LogP contribution in [0.1, 0.15) is 38.7 Å².